The third-order valence-corrected chi connectivity index (χ3v) is 4.61. The van der Waals surface area contributed by atoms with Crippen LogP contribution in [0.1, 0.15) is 22.6 Å². The van der Waals surface area contributed by atoms with Crippen LogP contribution in [0.2, 0.25) is 0 Å². The summed E-state index contributed by atoms with van der Waals surface area (Å²) in [6.07, 6.45) is 2.12. The summed E-state index contributed by atoms with van der Waals surface area (Å²) in [7, 11) is 0. The number of nitrogens with one attached hydrogen (secondary N) is 2. The van der Waals surface area contributed by atoms with Crippen LogP contribution in [0.5, 0.6) is 0 Å². The molecule has 0 saturated heterocycles. The topological polar surface area (TPSA) is 84.1 Å². The van der Waals surface area contributed by atoms with E-state index in [1.165, 1.54) is 23.7 Å². The van der Waals surface area contributed by atoms with Crippen LogP contribution in [-0.2, 0) is 4.74 Å². The zero-order chi connectivity index (χ0) is 19.3. The van der Waals surface area contributed by atoms with E-state index in [1.807, 2.05) is 24.3 Å². The largest absolute Gasteiger partial charge is 0.449 e. The highest BCUT2D eigenvalue weighted by molar-refractivity contribution is 5.79. The Hall–Kier alpha value is -3.85. The van der Waals surface area contributed by atoms with Crippen molar-refractivity contribution in [3.05, 3.63) is 88.1 Å². The molecular weight excluding hydrogens is 354 g/mol. The summed E-state index contributed by atoms with van der Waals surface area (Å²) in [5.74, 6) is 5.39. The van der Waals surface area contributed by atoms with Crippen LogP contribution >= 0.6 is 0 Å². The van der Waals surface area contributed by atoms with Gasteiger partial charge in [-0.1, -0.05) is 60.4 Å². The van der Waals surface area contributed by atoms with Crippen molar-refractivity contribution in [1.29, 1.82) is 0 Å². The number of H-pyrrole nitrogens is 1. The highest BCUT2D eigenvalue weighted by atomic mass is 16.5. The molecule has 1 aliphatic carbocycles. The molecule has 2 N–H and O–H groups in total. The van der Waals surface area contributed by atoms with Gasteiger partial charge in [0.05, 0.1) is 12.9 Å². The zero-order valence-electron chi connectivity index (χ0n) is 14.9. The Balaban J connectivity index is 1.37. The van der Waals surface area contributed by atoms with Crippen LogP contribution < -0.4 is 10.9 Å². The van der Waals surface area contributed by atoms with E-state index >= 15 is 0 Å². The van der Waals surface area contributed by atoms with E-state index in [9.17, 15) is 9.59 Å². The molecular formula is C22H17N3O3. The van der Waals surface area contributed by atoms with E-state index in [1.54, 1.807) is 0 Å². The maximum absolute atomic E-state index is 12.0. The summed E-state index contributed by atoms with van der Waals surface area (Å²) in [5, 5.41) is 2.58. The van der Waals surface area contributed by atoms with Crippen LogP contribution in [-0.4, -0.2) is 29.2 Å². The lowest BCUT2D eigenvalue weighted by atomic mass is 9.98. The Bertz CT molecular complexity index is 1100. The van der Waals surface area contributed by atoms with Gasteiger partial charge in [0.25, 0.3) is 5.56 Å². The molecule has 0 spiro atoms. The molecule has 6 heteroatoms. The minimum Gasteiger partial charge on any atom is -0.449 e. The zero-order valence-corrected chi connectivity index (χ0v) is 14.9. The molecule has 2 aromatic carbocycles. The number of hydrogen-bond acceptors (Lipinski definition) is 4. The molecule has 1 amide bonds. The van der Waals surface area contributed by atoms with Gasteiger partial charge in [0.2, 0.25) is 0 Å². The van der Waals surface area contributed by atoms with Gasteiger partial charge in [-0.05, 0) is 22.3 Å². The summed E-state index contributed by atoms with van der Waals surface area (Å²) < 4.78 is 5.42. The van der Waals surface area contributed by atoms with Gasteiger partial charge in [-0.15, -0.1) is 0 Å². The van der Waals surface area contributed by atoms with E-state index in [0.29, 0.717) is 0 Å². The van der Waals surface area contributed by atoms with Gasteiger partial charge in [-0.3, -0.25) is 4.79 Å². The highest BCUT2D eigenvalue weighted by Gasteiger charge is 2.28. The normalized spacial score (nSPS) is 11.7. The number of carbonyl (C=O) groups excluding carboxylic acids is 1. The van der Waals surface area contributed by atoms with Crippen LogP contribution in [0, 0.1) is 11.8 Å². The first-order chi connectivity index (χ1) is 13.7. The molecule has 3 aromatic rings. The van der Waals surface area contributed by atoms with Crippen molar-refractivity contribution in [1.82, 2.24) is 15.3 Å². The smallest absolute Gasteiger partial charge is 0.407 e. The molecule has 4 rings (SSSR count). The molecule has 0 fully saturated rings. The first kappa shape index (κ1) is 17.6. The highest BCUT2D eigenvalue weighted by Crippen LogP contribution is 2.44. The second-order valence-electron chi connectivity index (χ2n) is 6.28. The number of carbonyl (C=O) groups is 1. The summed E-state index contributed by atoms with van der Waals surface area (Å²) >= 11 is 0. The van der Waals surface area contributed by atoms with Crippen molar-refractivity contribution in [2.24, 2.45) is 0 Å². The first-order valence-electron chi connectivity index (χ1n) is 8.84. The molecule has 6 nitrogen and oxygen atoms in total. The second-order valence-corrected chi connectivity index (χ2v) is 6.28. The van der Waals surface area contributed by atoms with E-state index in [-0.39, 0.29) is 30.2 Å². The molecule has 1 aliphatic rings. The number of ether oxygens (including phenoxy) is 1. The summed E-state index contributed by atoms with van der Waals surface area (Å²) in [6, 6.07) is 16.3. The van der Waals surface area contributed by atoms with Gasteiger partial charge in [0.15, 0.2) is 0 Å². The Morgan fingerprint density at radius 1 is 1.11 bits per heavy atom. The summed E-state index contributed by atoms with van der Waals surface area (Å²) in [6.45, 7) is 0.320. The van der Waals surface area contributed by atoms with Crippen LogP contribution in [0.4, 0.5) is 4.79 Å². The van der Waals surface area contributed by atoms with Crippen LogP contribution in [0.3, 0.4) is 0 Å². The fourth-order valence-electron chi connectivity index (χ4n) is 3.34. The number of rotatable bonds is 3. The second kappa shape index (κ2) is 7.80. The fraction of sp³-hybridized carbons (Fsp3) is 0.136. The fourth-order valence-corrected chi connectivity index (χ4v) is 3.34. The SMILES string of the molecule is O=C(NCC#Cc1cnc[nH]c1=O)OCC1c2ccccc2-c2ccccc21. The lowest BCUT2D eigenvalue weighted by Crippen LogP contribution is -2.26. The van der Waals surface area contributed by atoms with E-state index in [2.05, 4.69) is 51.4 Å². The van der Waals surface area contributed by atoms with Gasteiger partial charge in [-0.2, -0.15) is 0 Å². The number of aromatic nitrogens is 2. The predicted octanol–water partition coefficient (Wildman–Crippen LogP) is 2.66. The standard InChI is InChI=1S/C22H17N3O3/c26-21-15(12-23-14-25-21)6-5-11-24-22(27)28-13-20-18-9-3-1-7-16(18)17-8-2-4-10-19(17)20/h1-4,7-10,12,14,20H,11,13H2,(H,24,27)(H,23,25,26). The molecule has 0 radical (unpaired) electrons. The van der Waals surface area contributed by atoms with E-state index < -0.39 is 6.09 Å². The van der Waals surface area contributed by atoms with Gasteiger partial charge < -0.3 is 15.0 Å². The van der Waals surface area contributed by atoms with Crippen LogP contribution in [0.25, 0.3) is 11.1 Å². The molecule has 0 atom stereocenters. The molecule has 0 unspecified atom stereocenters. The first-order valence-corrected chi connectivity index (χ1v) is 8.84. The Kier molecular flexibility index (Phi) is 4.89. The Morgan fingerprint density at radius 3 is 2.46 bits per heavy atom. The molecule has 1 aromatic heterocycles. The number of benzene rings is 2. The number of amides is 1. The maximum atomic E-state index is 12.0. The quantitative estimate of drug-likeness (QED) is 0.694. The molecule has 138 valence electrons. The van der Waals surface area contributed by atoms with Crippen molar-refractivity contribution in [3.8, 4) is 23.0 Å². The summed E-state index contributed by atoms with van der Waals surface area (Å²) in [5.41, 5.74) is 4.61. The average Bonchev–Trinajstić information content (AvgIpc) is 3.05. The minimum atomic E-state index is -0.545. The maximum Gasteiger partial charge on any atom is 0.407 e. The summed E-state index contributed by atoms with van der Waals surface area (Å²) in [4.78, 5) is 29.7. The third kappa shape index (κ3) is 3.51. The lowest BCUT2D eigenvalue weighted by molar-refractivity contribution is 0.144. The molecule has 1 heterocycles. The van der Waals surface area contributed by atoms with Crippen molar-refractivity contribution < 1.29 is 9.53 Å². The number of hydrogen-bond donors (Lipinski definition) is 2. The average molecular weight is 371 g/mol. The van der Waals surface area contributed by atoms with Gasteiger partial charge in [0, 0.05) is 12.1 Å². The predicted molar refractivity (Wildman–Crippen MR) is 105 cm³/mol. The number of fused-ring (bicyclic) bond motifs is 3. The van der Waals surface area contributed by atoms with Crippen molar-refractivity contribution in [2.75, 3.05) is 13.2 Å². The molecule has 28 heavy (non-hydrogen) atoms. The van der Waals surface area contributed by atoms with E-state index in [0.717, 1.165) is 11.1 Å². The number of aromatic amines is 1. The van der Waals surface area contributed by atoms with Crippen molar-refractivity contribution >= 4 is 6.09 Å². The molecule has 0 saturated carbocycles. The Labute approximate surface area is 161 Å². The van der Waals surface area contributed by atoms with Crippen molar-refractivity contribution in [2.45, 2.75) is 5.92 Å². The Morgan fingerprint density at radius 2 is 1.79 bits per heavy atom. The molecule has 0 aliphatic heterocycles. The number of nitrogens with zero attached hydrogens (tertiary/aromatic N) is 1. The number of alkyl carbamates (subject to hydrolysis) is 1. The van der Waals surface area contributed by atoms with Gasteiger partial charge in [0.1, 0.15) is 12.2 Å². The monoisotopic (exact) mass is 371 g/mol. The minimum absolute atomic E-state index is 0.0122. The van der Waals surface area contributed by atoms with Gasteiger partial charge in [-0.25, -0.2) is 9.78 Å². The van der Waals surface area contributed by atoms with E-state index in [4.69, 9.17) is 4.74 Å². The van der Waals surface area contributed by atoms with Crippen LogP contribution in [0.15, 0.2) is 65.8 Å². The van der Waals surface area contributed by atoms with Crippen molar-refractivity contribution in [3.63, 3.8) is 0 Å². The van der Waals surface area contributed by atoms with Gasteiger partial charge >= 0.3 is 6.09 Å². The molecule has 0 bridgehead atoms. The third-order valence-electron chi connectivity index (χ3n) is 4.61. The lowest BCUT2D eigenvalue weighted by Gasteiger charge is -2.14.